The van der Waals surface area contributed by atoms with Crippen molar-refractivity contribution in [1.82, 2.24) is 4.98 Å². The molecule has 0 aliphatic rings. The van der Waals surface area contributed by atoms with E-state index < -0.39 is 4.92 Å². The number of rotatable bonds is 4. The van der Waals surface area contributed by atoms with Gasteiger partial charge in [-0.1, -0.05) is 18.2 Å². The van der Waals surface area contributed by atoms with E-state index in [9.17, 15) is 10.1 Å². The highest BCUT2D eigenvalue weighted by molar-refractivity contribution is 5.61. The summed E-state index contributed by atoms with van der Waals surface area (Å²) >= 11 is 0. The van der Waals surface area contributed by atoms with Crippen molar-refractivity contribution in [3.05, 3.63) is 64.0 Å². The van der Waals surface area contributed by atoms with Gasteiger partial charge in [0.15, 0.2) is 0 Å². The highest BCUT2D eigenvalue weighted by Gasteiger charge is 2.11. The fraction of sp³-hybridized carbons (Fsp3) is 0.154. The van der Waals surface area contributed by atoms with Gasteiger partial charge in [0.1, 0.15) is 5.69 Å². The third-order valence-electron chi connectivity index (χ3n) is 2.66. The van der Waals surface area contributed by atoms with Gasteiger partial charge in [-0.05, 0) is 24.6 Å². The van der Waals surface area contributed by atoms with Gasteiger partial charge >= 0.3 is 0 Å². The van der Waals surface area contributed by atoms with E-state index >= 15 is 0 Å². The van der Waals surface area contributed by atoms with E-state index in [0.29, 0.717) is 12.2 Å². The van der Waals surface area contributed by atoms with Crippen LogP contribution in [0.15, 0.2) is 42.6 Å². The molecular weight excluding hydrogens is 230 g/mol. The fourth-order valence-corrected chi connectivity index (χ4v) is 1.66. The molecule has 1 heterocycles. The van der Waals surface area contributed by atoms with Crippen molar-refractivity contribution >= 4 is 11.4 Å². The lowest BCUT2D eigenvalue weighted by molar-refractivity contribution is -0.384. The molecule has 5 nitrogen and oxygen atoms in total. The van der Waals surface area contributed by atoms with Gasteiger partial charge in [-0.15, -0.1) is 0 Å². The summed E-state index contributed by atoms with van der Waals surface area (Å²) in [4.78, 5) is 14.7. The normalized spacial score (nSPS) is 10.1. The number of benzene rings is 1. The van der Waals surface area contributed by atoms with E-state index in [1.165, 1.54) is 6.07 Å². The summed E-state index contributed by atoms with van der Waals surface area (Å²) < 4.78 is 0. The molecule has 0 aliphatic heterocycles. The Morgan fingerprint density at radius 3 is 2.78 bits per heavy atom. The molecule has 2 aromatic rings. The Bertz CT molecular complexity index is 570. The van der Waals surface area contributed by atoms with Crippen molar-refractivity contribution in [2.45, 2.75) is 13.5 Å². The van der Waals surface area contributed by atoms with E-state index in [1.54, 1.807) is 24.4 Å². The van der Waals surface area contributed by atoms with Gasteiger partial charge in [0.05, 0.1) is 17.2 Å². The minimum absolute atomic E-state index is 0.0751. The number of anilines is 1. The fourth-order valence-electron chi connectivity index (χ4n) is 1.66. The smallest absolute Gasteiger partial charge is 0.292 e. The van der Waals surface area contributed by atoms with Crippen LogP contribution in [-0.2, 0) is 6.54 Å². The highest BCUT2D eigenvalue weighted by Crippen LogP contribution is 2.23. The molecule has 1 N–H and O–H groups in total. The molecule has 0 radical (unpaired) electrons. The van der Waals surface area contributed by atoms with Crippen LogP contribution in [0.5, 0.6) is 0 Å². The SMILES string of the molecule is Cc1cccnc1CNc1ccccc1[N+](=O)[O-]. The molecule has 0 saturated heterocycles. The van der Waals surface area contributed by atoms with E-state index in [1.807, 2.05) is 19.1 Å². The van der Waals surface area contributed by atoms with Crippen LogP contribution >= 0.6 is 0 Å². The quantitative estimate of drug-likeness (QED) is 0.662. The molecule has 0 fully saturated rings. The van der Waals surface area contributed by atoms with Crippen molar-refractivity contribution < 1.29 is 4.92 Å². The second kappa shape index (κ2) is 5.27. The molecule has 0 bridgehead atoms. The standard InChI is InChI=1S/C13H13N3O2/c1-10-5-4-8-14-12(10)9-15-11-6-2-3-7-13(11)16(17)18/h2-8,15H,9H2,1H3. The number of nitrogens with zero attached hydrogens (tertiary/aromatic N) is 2. The lowest BCUT2D eigenvalue weighted by Gasteiger charge is -2.08. The minimum Gasteiger partial charge on any atom is -0.374 e. The van der Waals surface area contributed by atoms with E-state index in [4.69, 9.17) is 0 Å². The number of para-hydroxylation sites is 2. The van der Waals surface area contributed by atoms with Crippen LogP contribution in [0.2, 0.25) is 0 Å². The summed E-state index contributed by atoms with van der Waals surface area (Å²) in [5.41, 5.74) is 2.53. The number of pyridine rings is 1. The van der Waals surface area contributed by atoms with Crippen molar-refractivity contribution in [3.63, 3.8) is 0 Å². The molecular formula is C13H13N3O2. The average molecular weight is 243 g/mol. The molecule has 0 amide bonds. The first-order valence-electron chi connectivity index (χ1n) is 5.56. The Kier molecular flexibility index (Phi) is 3.52. The summed E-state index contributed by atoms with van der Waals surface area (Å²) in [6.45, 7) is 2.43. The van der Waals surface area contributed by atoms with Gasteiger partial charge < -0.3 is 5.32 Å². The van der Waals surface area contributed by atoms with Crippen molar-refractivity contribution in [1.29, 1.82) is 0 Å². The highest BCUT2D eigenvalue weighted by atomic mass is 16.6. The number of nitro benzene ring substituents is 1. The molecule has 0 spiro atoms. The van der Waals surface area contributed by atoms with Gasteiger partial charge in [0.25, 0.3) is 5.69 Å². The largest absolute Gasteiger partial charge is 0.374 e. The second-order valence-corrected chi connectivity index (χ2v) is 3.89. The van der Waals surface area contributed by atoms with Crippen LogP contribution in [-0.4, -0.2) is 9.91 Å². The Morgan fingerprint density at radius 2 is 2.06 bits per heavy atom. The first kappa shape index (κ1) is 12.0. The molecule has 1 aromatic carbocycles. The first-order valence-corrected chi connectivity index (χ1v) is 5.56. The third-order valence-corrected chi connectivity index (χ3v) is 2.66. The molecule has 92 valence electrons. The molecule has 5 heteroatoms. The van der Waals surface area contributed by atoms with E-state index in [-0.39, 0.29) is 5.69 Å². The Hall–Kier alpha value is -2.43. The number of aromatic nitrogens is 1. The summed E-state index contributed by atoms with van der Waals surface area (Å²) in [6.07, 6.45) is 1.71. The topological polar surface area (TPSA) is 68.1 Å². The monoisotopic (exact) mass is 243 g/mol. The predicted molar refractivity (Wildman–Crippen MR) is 69.4 cm³/mol. The maximum Gasteiger partial charge on any atom is 0.292 e. The molecule has 0 aliphatic carbocycles. The molecule has 2 rings (SSSR count). The number of hydrogen-bond donors (Lipinski definition) is 1. The summed E-state index contributed by atoms with van der Waals surface area (Å²) in [5.74, 6) is 0. The van der Waals surface area contributed by atoms with Crippen LogP contribution in [0.25, 0.3) is 0 Å². The number of hydrogen-bond acceptors (Lipinski definition) is 4. The molecule has 1 aromatic heterocycles. The lowest BCUT2D eigenvalue weighted by atomic mass is 10.2. The van der Waals surface area contributed by atoms with Crippen molar-refractivity contribution in [2.24, 2.45) is 0 Å². The maximum atomic E-state index is 10.8. The van der Waals surface area contributed by atoms with Gasteiger partial charge in [0.2, 0.25) is 0 Å². The maximum absolute atomic E-state index is 10.8. The zero-order valence-corrected chi connectivity index (χ0v) is 9.96. The first-order chi connectivity index (χ1) is 8.68. The van der Waals surface area contributed by atoms with Crippen LogP contribution in [0.3, 0.4) is 0 Å². The number of nitro groups is 1. The van der Waals surface area contributed by atoms with E-state index in [0.717, 1.165) is 11.3 Å². The van der Waals surface area contributed by atoms with Crippen molar-refractivity contribution in [3.8, 4) is 0 Å². The van der Waals surface area contributed by atoms with Gasteiger partial charge in [-0.2, -0.15) is 0 Å². The summed E-state index contributed by atoms with van der Waals surface area (Å²) in [7, 11) is 0. The van der Waals surface area contributed by atoms with Crippen LogP contribution in [0, 0.1) is 17.0 Å². The molecule has 18 heavy (non-hydrogen) atoms. The van der Waals surface area contributed by atoms with Crippen LogP contribution in [0.4, 0.5) is 11.4 Å². The zero-order chi connectivity index (χ0) is 13.0. The number of nitrogens with one attached hydrogen (secondary N) is 1. The van der Waals surface area contributed by atoms with Gasteiger partial charge in [0, 0.05) is 12.3 Å². The summed E-state index contributed by atoms with van der Waals surface area (Å²) in [5, 5.41) is 13.9. The predicted octanol–water partition coefficient (Wildman–Crippen LogP) is 2.91. The van der Waals surface area contributed by atoms with Crippen LogP contribution in [0.1, 0.15) is 11.3 Å². The Morgan fingerprint density at radius 1 is 1.28 bits per heavy atom. The van der Waals surface area contributed by atoms with Gasteiger partial charge in [-0.25, -0.2) is 0 Å². The molecule has 0 unspecified atom stereocenters. The zero-order valence-electron chi connectivity index (χ0n) is 9.96. The molecule has 0 saturated carbocycles. The van der Waals surface area contributed by atoms with E-state index in [2.05, 4.69) is 10.3 Å². The third kappa shape index (κ3) is 2.63. The number of aryl methyl sites for hydroxylation is 1. The summed E-state index contributed by atoms with van der Waals surface area (Å²) in [6, 6.07) is 10.4. The van der Waals surface area contributed by atoms with Crippen molar-refractivity contribution in [2.75, 3.05) is 5.32 Å². The lowest BCUT2D eigenvalue weighted by Crippen LogP contribution is -2.05. The minimum atomic E-state index is -0.395. The van der Waals surface area contributed by atoms with Crippen LogP contribution < -0.4 is 5.32 Å². The Balaban J connectivity index is 2.16. The Labute approximate surface area is 105 Å². The second-order valence-electron chi connectivity index (χ2n) is 3.89. The molecule has 0 atom stereocenters. The average Bonchev–Trinajstić information content (AvgIpc) is 2.38. The van der Waals surface area contributed by atoms with Gasteiger partial charge in [-0.3, -0.25) is 15.1 Å².